The Morgan fingerprint density at radius 2 is 1.65 bits per heavy atom. The third kappa shape index (κ3) is 1.81. The van der Waals surface area contributed by atoms with Crippen LogP contribution in [0.3, 0.4) is 0 Å². The van der Waals surface area contributed by atoms with Crippen molar-refractivity contribution in [3.05, 3.63) is 34.4 Å². The number of hydrogen-bond acceptors (Lipinski definition) is 1. The van der Waals surface area contributed by atoms with E-state index in [1.807, 2.05) is 0 Å². The monoisotopic (exact) mass is 232 g/mol. The number of rotatable bonds is 0. The number of aryl methyl sites for hydroxylation is 2. The molecule has 1 aromatic rings. The fourth-order valence-corrected chi connectivity index (χ4v) is 3.15. The molecule has 0 aromatic heterocycles. The average Bonchev–Trinajstić information content (AvgIpc) is 2.13. The molecule has 0 spiro atoms. The number of fused-ring (bicyclic) bond motifs is 1. The van der Waals surface area contributed by atoms with Gasteiger partial charge in [0.1, 0.15) is 0 Å². The van der Waals surface area contributed by atoms with Crippen molar-refractivity contribution >= 4 is 0 Å². The zero-order valence-electron chi connectivity index (χ0n) is 12.1. The van der Waals surface area contributed by atoms with Gasteiger partial charge in [0.05, 0.1) is 11.7 Å². The first-order chi connectivity index (χ1) is 7.66. The van der Waals surface area contributed by atoms with Crippen LogP contribution in [-0.2, 0) is 15.8 Å². The van der Waals surface area contributed by atoms with E-state index in [1.54, 1.807) is 0 Å². The van der Waals surface area contributed by atoms with E-state index >= 15 is 0 Å². The predicted molar refractivity (Wildman–Crippen MR) is 72.5 cm³/mol. The summed E-state index contributed by atoms with van der Waals surface area (Å²) in [7, 11) is 0. The molecule has 0 saturated heterocycles. The van der Waals surface area contributed by atoms with E-state index in [0.29, 0.717) is 0 Å². The minimum Gasteiger partial charge on any atom is -0.367 e. The highest BCUT2D eigenvalue weighted by molar-refractivity contribution is 5.47. The van der Waals surface area contributed by atoms with Gasteiger partial charge < -0.3 is 4.74 Å². The van der Waals surface area contributed by atoms with Crippen LogP contribution >= 0.6 is 0 Å². The predicted octanol–water partition coefficient (Wildman–Crippen LogP) is 4.23. The van der Waals surface area contributed by atoms with Crippen LogP contribution in [0.1, 0.15) is 56.9 Å². The second-order valence-corrected chi connectivity index (χ2v) is 6.50. The minimum atomic E-state index is -0.180. The van der Waals surface area contributed by atoms with Crippen LogP contribution in [0, 0.1) is 13.8 Å². The maximum Gasteiger partial charge on any atom is 0.0882 e. The van der Waals surface area contributed by atoms with Gasteiger partial charge in [0.15, 0.2) is 0 Å². The van der Waals surface area contributed by atoms with Crippen molar-refractivity contribution in [1.29, 1.82) is 0 Å². The molecule has 1 heteroatoms. The van der Waals surface area contributed by atoms with Crippen LogP contribution < -0.4 is 0 Å². The van der Waals surface area contributed by atoms with Crippen LogP contribution in [0.5, 0.6) is 0 Å². The fraction of sp³-hybridized carbons (Fsp3) is 0.625. The summed E-state index contributed by atoms with van der Waals surface area (Å²) >= 11 is 0. The van der Waals surface area contributed by atoms with Crippen molar-refractivity contribution < 1.29 is 4.74 Å². The Bertz CT molecular complexity index is 455. The molecule has 2 rings (SSSR count). The molecule has 1 unspecified atom stereocenters. The standard InChI is InChI=1S/C16H24O/c1-10-8-11(2)14-13(9-10)16(6,7)17-12(3)15(14,4)5/h8-9,12H,1-7H3. The Hall–Kier alpha value is -0.820. The highest BCUT2D eigenvalue weighted by Gasteiger charge is 2.43. The van der Waals surface area contributed by atoms with Crippen LogP contribution in [-0.4, -0.2) is 6.10 Å². The van der Waals surface area contributed by atoms with E-state index in [9.17, 15) is 0 Å². The van der Waals surface area contributed by atoms with Gasteiger partial charge in [0.2, 0.25) is 0 Å². The second kappa shape index (κ2) is 3.58. The quantitative estimate of drug-likeness (QED) is 0.650. The summed E-state index contributed by atoms with van der Waals surface area (Å²) in [6.45, 7) is 15.5. The van der Waals surface area contributed by atoms with E-state index in [2.05, 4.69) is 60.6 Å². The average molecular weight is 232 g/mol. The molecule has 1 aliphatic rings. The molecule has 0 radical (unpaired) electrons. The lowest BCUT2D eigenvalue weighted by Gasteiger charge is -2.47. The van der Waals surface area contributed by atoms with Gasteiger partial charge in [-0.3, -0.25) is 0 Å². The summed E-state index contributed by atoms with van der Waals surface area (Å²) in [5.74, 6) is 0. The van der Waals surface area contributed by atoms with Crippen LogP contribution in [0.4, 0.5) is 0 Å². The van der Waals surface area contributed by atoms with Crippen LogP contribution in [0.25, 0.3) is 0 Å². The van der Waals surface area contributed by atoms with E-state index in [0.717, 1.165) is 0 Å². The molecule has 1 nitrogen and oxygen atoms in total. The normalized spacial score (nSPS) is 25.5. The van der Waals surface area contributed by atoms with E-state index < -0.39 is 0 Å². The van der Waals surface area contributed by atoms with Crippen molar-refractivity contribution in [3.63, 3.8) is 0 Å². The molecule has 94 valence electrons. The van der Waals surface area contributed by atoms with E-state index in [4.69, 9.17) is 4.74 Å². The molecule has 0 amide bonds. The molecule has 1 aliphatic heterocycles. The highest BCUT2D eigenvalue weighted by Crippen LogP contribution is 2.46. The van der Waals surface area contributed by atoms with Gasteiger partial charge in [-0.1, -0.05) is 31.5 Å². The molecule has 1 aromatic carbocycles. The Morgan fingerprint density at radius 3 is 2.24 bits per heavy atom. The number of ether oxygens (including phenoxy) is 1. The van der Waals surface area contributed by atoms with Crippen molar-refractivity contribution in [2.24, 2.45) is 0 Å². The zero-order chi connectivity index (χ0) is 13.0. The summed E-state index contributed by atoms with van der Waals surface area (Å²) in [6, 6.07) is 4.57. The van der Waals surface area contributed by atoms with Crippen molar-refractivity contribution in [2.45, 2.75) is 65.6 Å². The zero-order valence-corrected chi connectivity index (χ0v) is 12.1. The number of benzene rings is 1. The topological polar surface area (TPSA) is 9.23 Å². The minimum absolute atomic E-state index is 0.0859. The maximum absolute atomic E-state index is 6.23. The second-order valence-electron chi connectivity index (χ2n) is 6.50. The first-order valence-electron chi connectivity index (χ1n) is 6.46. The lowest BCUT2D eigenvalue weighted by molar-refractivity contribution is -0.111. The lowest BCUT2D eigenvalue weighted by Crippen LogP contribution is -2.46. The molecule has 0 fully saturated rings. The first-order valence-corrected chi connectivity index (χ1v) is 6.46. The van der Waals surface area contributed by atoms with Gasteiger partial charge in [-0.2, -0.15) is 0 Å². The van der Waals surface area contributed by atoms with E-state index in [-0.39, 0.29) is 17.1 Å². The SMILES string of the molecule is Cc1cc(C)c2c(c1)C(C)(C)OC(C)C2(C)C. The molecular weight excluding hydrogens is 208 g/mol. The molecule has 1 atom stereocenters. The fourth-order valence-electron chi connectivity index (χ4n) is 3.15. The van der Waals surface area contributed by atoms with Gasteiger partial charge in [-0.05, 0) is 51.3 Å². The lowest BCUT2D eigenvalue weighted by atomic mass is 9.69. The molecule has 1 heterocycles. The van der Waals surface area contributed by atoms with Gasteiger partial charge in [-0.15, -0.1) is 0 Å². The van der Waals surface area contributed by atoms with Gasteiger partial charge >= 0.3 is 0 Å². The van der Waals surface area contributed by atoms with Gasteiger partial charge in [0.25, 0.3) is 0 Å². The van der Waals surface area contributed by atoms with Crippen LogP contribution in [0.15, 0.2) is 12.1 Å². The van der Waals surface area contributed by atoms with Gasteiger partial charge in [0, 0.05) is 5.41 Å². The Morgan fingerprint density at radius 1 is 1.06 bits per heavy atom. The number of hydrogen-bond donors (Lipinski definition) is 0. The van der Waals surface area contributed by atoms with E-state index in [1.165, 1.54) is 22.3 Å². The Kier molecular flexibility index (Phi) is 2.66. The third-order valence-electron chi connectivity index (χ3n) is 4.26. The van der Waals surface area contributed by atoms with Crippen molar-refractivity contribution in [1.82, 2.24) is 0 Å². The summed E-state index contributed by atoms with van der Waals surface area (Å²) in [5, 5.41) is 0. The van der Waals surface area contributed by atoms with Gasteiger partial charge in [-0.25, -0.2) is 0 Å². The molecule has 17 heavy (non-hydrogen) atoms. The first kappa shape index (κ1) is 12.6. The van der Waals surface area contributed by atoms with Crippen molar-refractivity contribution in [2.75, 3.05) is 0 Å². The maximum atomic E-state index is 6.23. The summed E-state index contributed by atoms with van der Waals surface area (Å²) in [5.41, 5.74) is 5.46. The molecule has 0 N–H and O–H groups in total. The molecular formula is C16H24O. The largest absolute Gasteiger partial charge is 0.367 e. The smallest absolute Gasteiger partial charge is 0.0882 e. The highest BCUT2D eigenvalue weighted by atomic mass is 16.5. The van der Waals surface area contributed by atoms with Crippen molar-refractivity contribution in [3.8, 4) is 0 Å². The Balaban J connectivity index is 2.77. The summed E-state index contributed by atoms with van der Waals surface area (Å²) in [6.07, 6.45) is 0.242. The summed E-state index contributed by atoms with van der Waals surface area (Å²) < 4.78 is 6.23. The molecule has 0 saturated carbocycles. The summed E-state index contributed by atoms with van der Waals surface area (Å²) in [4.78, 5) is 0. The third-order valence-corrected chi connectivity index (χ3v) is 4.26. The molecule has 0 aliphatic carbocycles. The molecule has 0 bridgehead atoms. The Labute approximate surface area is 105 Å². The van der Waals surface area contributed by atoms with Crippen LogP contribution in [0.2, 0.25) is 0 Å².